The third-order valence-electron chi connectivity index (χ3n) is 5.21. The highest BCUT2D eigenvalue weighted by molar-refractivity contribution is 5.78. The van der Waals surface area contributed by atoms with Crippen molar-refractivity contribution in [2.45, 2.75) is 45.7 Å². The number of methoxy groups -OCH3 is 1. The van der Waals surface area contributed by atoms with Crippen molar-refractivity contribution in [2.24, 2.45) is 0 Å². The highest BCUT2D eigenvalue weighted by Gasteiger charge is 2.13. The van der Waals surface area contributed by atoms with E-state index in [-0.39, 0.29) is 23.7 Å². The highest BCUT2D eigenvalue weighted by Crippen LogP contribution is 2.15. The Kier molecular flexibility index (Phi) is 7.65. The van der Waals surface area contributed by atoms with Crippen LogP contribution >= 0.6 is 0 Å². The van der Waals surface area contributed by atoms with Gasteiger partial charge in [-0.25, -0.2) is 4.79 Å². The van der Waals surface area contributed by atoms with Gasteiger partial charge in [0, 0.05) is 19.5 Å². The van der Waals surface area contributed by atoms with E-state index >= 15 is 0 Å². The van der Waals surface area contributed by atoms with E-state index in [1.807, 2.05) is 37.3 Å². The average molecular weight is 424 g/mol. The molecule has 0 bridgehead atoms. The molecule has 3 aromatic rings. The molecule has 3 rings (SSSR count). The summed E-state index contributed by atoms with van der Waals surface area (Å²) in [5, 5.41) is 3.35. The van der Waals surface area contributed by atoms with Crippen LogP contribution in [-0.2, 0) is 17.9 Å². The summed E-state index contributed by atoms with van der Waals surface area (Å²) in [7, 11) is 1.60. The van der Waals surface area contributed by atoms with Gasteiger partial charge in [0.1, 0.15) is 5.75 Å². The molecule has 0 fully saturated rings. The third-order valence-corrected chi connectivity index (χ3v) is 5.21. The number of amides is 1. The van der Waals surface area contributed by atoms with Crippen LogP contribution in [0.2, 0.25) is 0 Å². The molecule has 1 aromatic heterocycles. The van der Waals surface area contributed by atoms with Gasteiger partial charge in [-0.1, -0.05) is 31.2 Å². The predicted molar refractivity (Wildman–Crippen MR) is 122 cm³/mol. The monoisotopic (exact) mass is 423 g/mol. The van der Waals surface area contributed by atoms with E-state index in [4.69, 9.17) is 4.74 Å². The number of hydrogen-bond donors (Lipinski definition) is 1. The minimum absolute atomic E-state index is 0.00291. The summed E-state index contributed by atoms with van der Waals surface area (Å²) in [4.78, 5) is 38.0. The lowest BCUT2D eigenvalue weighted by Gasteiger charge is -2.14. The zero-order valence-corrected chi connectivity index (χ0v) is 18.1. The first-order chi connectivity index (χ1) is 15.0. The summed E-state index contributed by atoms with van der Waals surface area (Å²) in [5.74, 6) is 0.715. The number of nitrogens with one attached hydrogen (secondary N) is 1. The van der Waals surface area contributed by atoms with E-state index < -0.39 is 0 Å². The Morgan fingerprint density at radius 3 is 2.61 bits per heavy atom. The second kappa shape index (κ2) is 10.6. The Morgan fingerprint density at radius 2 is 1.84 bits per heavy atom. The maximum absolute atomic E-state index is 13.2. The van der Waals surface area contributed by atoms with Gasteiger partial charge in [0.25, 0.3) is 5.56 Å². The fourth-order valence-corrected chi connectivity index (χ4v) is 3.58. The van der Waals surface area contributed by atoms with E-state index in [0.717, 1.165) is 12.0 Å². The van der Waals surface area contributed by atoms with Gasteiger partial charge >= 0.3 is 5.69 Å². The number of fused-ring (bicyclic) bond motifs is 1. The van der Waals surface area contributed by atoms with Crippen molar-refractivity contribution < 1.29 is 9.53 Å². The third kappa shape index (κ3) is 5.42. The van der Waals surface area contributed by atoms with Crippen molar-refractivity contribution in [1.29, 1.82) is 0 Å². The minimum Gasteiger partial charge on any atom is -0.497 e. The average Bonchev–Trinajstić information content (AvgIpc) is 2.80. The number of hydrogen-bond acceptors (Lipinski definition) is 4. The first-order valence-corrected chi connectivity index (χ1v) is 10.7. The van der Waals surface area contributed by atoms with Crippen LogP contribution in [0.4, 0.5) is 0 Å². The Hall–Kier alpha value is -3.35. The Labute approximate surface area is 181 Å². The van der Waals surface area contributed by atoms with Gasteiger partial charge in [-0.3, -0.25) is 18.7 Å². The molecule has 0 atom stereocenters. The SMILES string of the molecule is CCCNC(=O)CCCCn1c(=O)c2ccccc2n(Cc2cccc(OC)c2)c1=O. The lowest BCUT2D eigenvalue weighted by Crippen LogP contribution is -2.40. The molecule has 164 valence electrons. The van der Waals surface area contributed by atoms with E-state index in [1.54, 1.807) is 29.9 Å². The quantitative estimate of drug-likeness (QED) is 0.509. The smallest absolute Gasteiger partial charge is 0.331 e. The molecule has 7 nitrogen and oxygen atoms in total. The fraction of sp³-hybridized carbons (Fsp3) is 0.375. The maximum atomic E-state index is 13.2. The van der Waals surface area contributed by atoms with Crippen LogP contribution < -0.4 is 21.3 Å². The predicted octanol–water partition coefficient (Wildman–Crippen LogP) is 2.92. The molecule has 2 aromatic carbocycles. The standard InChI is InChI=1S/C24H29N3O4/c1-3-14-25-22(28)13-6-7-15-26-23(29)20-11-4-5-12-21(20)27(24(26)30)17-18-9-8-10-19(16-18)31-2/h4-5,8-12,16H,3,6-7,13-15,17H2,1-2H3,(H,25,28). The molecular weight excluding hydrogens is 394 g/mol. The molecular formula is C24H29N3O4. The van der Waals surface area contributed by atoms with Crippen molar-refractivity contribution in [3.05, 3.63) is 74.9 Å². The number of nitrogens with zero attached hydrogens (tertiary/aromatic N) is 2. The summed E-state index contributed by atoms with van der Waals surface area (Å²) in [6, 6.07) is 14.7. The molecule has 0 saturated heterocycles. The van der Waals surface area contributed by atoms with Gasteiger partial charge < -0.3 is 10.1 Å². The molecule has 1 amide bonds. The van der Waals surface area contributed by atoms with Crippen molar-refractivity contribution in [3.63, 3.8) is 0 Å². The van der Waals surface area contributed by atoms with Gasteiger partial charge in [-0.05, 0) is 49.1 Å². The van der Waals surface area contributed by atoms with Crippen LogP contribution in [0, 0.1) is 0 Å². The molecule has 0 unspecified atom stereocenters. The van der Waals surface area contributed by atoms with Gasteiger partial charge in [-0.2, -0.15) is 0 Å². The molecule has 0 spiro atoms. The van der Waals surface area contributed by atoms with Crippen LogP contribution in [0.25, 0.3) is 10.9 Å². The number of unbranched alkanes of at least 4 members (excludes halogenated alkanes) is 1. The van der Waals surface area contributed by atoms with Gasteiger partial charge in [-0.15, -0.1) is 0 Å². The van der Waals surface area contributed by atoms with E-state index in [9.17, 15) is 14.4 Å². The number of para-hydroxylation sites is 1. The zero-order chi connectivity index (χ0) is 22.2. The number of aromatic nitrogens is 2. The molecule has 1 N–H and O–H groups in total. The molecule has 0 aliphatic carbocycles. The molecule has 1 heterocycles. The summed E-state index contributed by atoms with van der Waals surface area (Å²) in [5.41, 5.74) is 0.875. The van der Waals surface area contributed by atoms with Gasteiger partial charge in [0.15, 0.2) is 0 Å². The topological polar surface area (TPSA) is 82.3 Å². The number of ether oxygens (including phenoxy) is 1. The van der Waals surface area contributed by atoms with Crippen LogP contribution in [0.15, 0.2) is 58.1 Å². The highest BCUT2D eigenvalue weighted by atomic mass is 16.5. The zero-order valence-electron chi connectivity index (χ0n) is 18.1. The molecule has 31 heavy (non-hydrogen) atoms. The normalized spacial score (nSPS) is 10.9. The van der Waals surface area contributed by atoms with Crippen molar-refractivity contribution in [3.8, 4) is 5.75 Å². The Bertz CT molecular complexity index is 1160. The van der Waals surface area contributed by atoms with E-state index in [2.05, 4.69) is 5.32 Å². The summed E-state index contributed by atoms with van der Waals surface area (Å²) >= 11 is 0. The molecule has 0 saturated carbocycles. The molecule has 0 aliphatic heterocycles. The lowest BCUT2D eigenvalue weighted by atomic mass is 10.2. The lowest BCUT2D eigenvalue weighted by molar-refractivity contribution is -0.121. The van der Waals surface area contributed by atoms with Crippen molar-refractivity contribution in [2.75, 3.05) is 13.7 Å². The number of rotatable bonds is 10. The first-order valence-electron chi connectivity index (χ1n) is 10.7. The largest absolute Gasteiger partial charge is 0.497 e. The van der Waals surface area contributed by atoms with E-state index in [1.165, 1.54) is 4.57 Å². The minimum atomic E-state index is -0.345. The fourth-order valence-electron chi connectivity index (χ4n) is 3.58. The van der Waals surface area contributed by atoms with E-state index in [0.29, 0.717) is 49.0 Å². The van der Waals surface area contributed by atoms with Gasteiger partial charge in [0.05, 0.1) is 24.6 Å². The van der Waals surface area contributed by atoms with Crippen molar-refractivity contribution in [1.82, 2.24) is 14.5 Å². The Balaban J connectivity index is 1.87. The number of carbonyl (C=O) groups is 1. The molecule has 7 heteroatoms. The van der Waals surface area contributed by atoms with Crippen LogP contribution in [0.1, 0.15) is 38.2 Å². The summed E-state index contributed by atoms with van der Waals surface area (Å²) in [6.45, 7) is 3.28. The maximum Gasteiger partial charge on any atom is 0.331 e. The molecule has 0 aliphatic rings. The van der Waals surface area contributed by atoms with Crippen LogP contribution in [0.3, 0.4) is 0 Å². The van der Waals surface area contributed by atoms with Gasteiger partial charge in [0.2, 0.25) is 5.91 Å². The van der Waals surface area contributed by atoms with Crippen LogP contribution in [-0.4, -0.2) is 28.7 Å². The molecule has 0 radical (unpaired) electrons. The first kappa shape index (κ1) is 22.3. The summed E-state index contributed by atoms with van der Waals surface area (Å²) in [6.07, 6.45) is 2.47. The van der Waals surface area contributed by atoms with Crippen LogP contribution in [0.5, 0.6) is 5.75 Å². The van der Waals surface area contributed by atoms with Crippen molar-refractivity contribution >= 4 is 16.8 Å². The summed E-state index contributed by atoms with van der Waals surface area (Å²) < 4.78 is 8.20. The Morgan fingerprint density at radius 1 is 1.03 bits per heavy atom. The second-order valence-electron chi connectivity index (χ2n) is 7.50. The number of carbonyl (C=O) groups excluding carboxylic acids is 1. The number of benzene rings is 2. The second-order valence-corrected chi connectivity index (χ2v) is 7.50.